The second-order valence-corrected chi connectivity index (χ2v) is 13.3. The van der Waals surface area contributed by atoms with Crippen LogP contribution in [0.25, 0.3) is 0 Å². The highest BCUT2D eigenvalue weighted by Crippen LogP contribution is 2.61. The summed E-state index contributed by atoms with van der Waals surface area (Å²) in [5.74, 6) is 0.463. The summed E-state index contributed by atoms with van der Waals surface area (Å²) in [5, 5.41) is 51.0. The van der Waals surface area contributed by atoms with Gasteiger partial charge >= 0.3 is 21.3 Å². The maximum Gasteiger partial charge on any atom is 0.483 e. The van der Waals surface area contributed by atoms with Gasteiger partial charge in [0.05, 0.1) is 32.5 Å². The Morgan fingerprint density at radius 1 is 0.930 bits per heavy atom. The maximum absolute atomic E-state index is 12.5. The number of H-pyrrole nitrogens is 1. The zero-order chi connectivity index (χ0) is 31.9. The Morgan fingerprint density at radius 2 is 1.63 bits per heavy atom. The second-order valence-electron chi connectivity index (χ2n) is 9.18. The molecule has 0 radical (unpaired) electrons. The molecule has 2 aliphatic heterocycles. The Balaban J connectivity index is 1.54. The number of ether oxygens (including phenoxy) is 4. The minimum absolute atomic E-state index is 0.0262. The number of nitrogens with zero attached hydrogens (tertiary/aromatic N) is 1. The zero-order valence-corrected chi connectivity index (χ0v) is 25.1. The van der Waals surface area contributed by atoms with Crippen molar-refractivity contribution in [3.8, 4) is 0 Å². The van der Waals surface area contributed by atoms with E-state index < -0.39 is 88.7 Å². The minimum atomic E-state index is -5.59. The van der Waals surface area contributed by atoms with Crippen molar-refractivity contribution in [3.63, 3.8) is 0 Å². The molecular formula is C20H34N2O18P2S. The minimum Gasteiger partial charge on any atom is -0.388 e. The van der Waals surface area contributed by atoms with E-state index in [1.165, 1.54) is 18.9 Å². The van der Waals surface area contributed by atoms with Gasteiger partial charge < -0.3 is 54.3 Å². The van der Waals surface area contributed by atoms with Crippen molar-refractivity contribution in [1.82, 2.24) is 9.55 Å². The highest BCUT2D eigenvalue weighted by atomic mass is 32.2. The summed E-state index contributed by atoms with van der Waals surface area (Å²) in [4.78, 5) is 45.2. The molecule has 2 fully saturated rings. The van der Waals surface area contributed by atoms with Crippen LogP contribution in [-0.4, -0.2) is 139 Å². The third-order valence-electron chi connectivity index (χ3n) is 6.06. The Hall–Kier alpha value is -1.07. The van der Waals surface area contributed by atoms with Crippen LogP contribution in [0.3, 0.4) is 0 Å². The molecule has 8 N–H and O–H groups in total. The van der Waals surface area contributed by atoms with Gasteiger partial charge in [-0.15, -0.1) is 0 Å². The van der Waals surface area contributed by atoms with E-state index in [9.17, 15) is 54.0 Å². The first kappa shape index (κ1) is 36.4. The van der Waals surface area contributed by atoms with Crippen LogP contribution in [0.2, 0.25) is 0 Å². The molecule has 23 heteroatoms. The highest BCUT2D eigenvalue weighted by Gasteiger charge is 2.49. The lowest BCUT2D eigenvalue weighted by atomic mass is 10.0. The number of aliphatic hydroxyl groups excluding tert-OH is 5. The predicted octanol–water partition coefficient (Wildman–Crippen LogP) is -3.39. The van der Waals surface area contributed by atoms with Gasteiger partial charge in [0.2, 0.25) is 0 Å². The highest BCUT2D eigenvalue weighted by molar-refractivity contribution is 7.99. The molecule has 20 nitrogen and oxygen atoms in total. The van der Waals surface area contributed by atoms with E-state index >= 15 is 0 Å². The van der Waals surface area contributed by atoms with Crippen LogP contribution in [0.5, 0.6) is 0 Å². The average Bonchev–Trinajstić information content (AvgIpc) is 3.20. The molecule has 1 aromatic heterocycles. The van der Waals surface area contributed by atoms with Crippen LogP contribution in [-0.2, 0) is 41.4 Å². The van der Waals surface area contributed by atoms with Crippen LogP contribution in [0.15, 0.2) is 21.9 Å². The summed E-state index contributed by atoms with van der Waals surface area (Å²) < 4.78 is 59.8. The van der Waals surface area contributed by atoms with Crippen LogP contribution in [0.1, 0.15) is 6.23 Å². The van der Waals surface area contributed by atoms with Crippen molar-refractivity contribution in [2.75, 3.05) is 45.0 Å². The van der Waals surface area contributed by atoms with E-state index in [1.54, 1.807) is 0 Å². The van der Waals surface area contributed by atoms with Crippen molar-refractivity contribution in [3.05, 3.63) is 33.1 Å². The number of phosphoric acid groups is 2. The number of methoxy groups -OCH3 is 1. The molecule has 1 aromatic rings. The molecular weight excluding hydrogens is 650 g/mol. The van der Waals surface area contributed by atoms with E-state index in [-0.39, 0.29) is 5.75 Å². The van der Waals surface area contributed by atoms with E-state index in [2.05, 4.69) is 13.4 Å². The fourth-order valence-electron chi connectivity index (χ4n) is 3.90. The second kappa shape index (κ2) is 16.0. The van der Waals surface area contributed by atoms with Crippen LogP contribution < -0.4 is 11.2 Å². The number of nitrogens with one attached hydrogen (secondary N) is 1. The van der Waals surface area contributed by atoms with Crippen molar-refractivity contribution in [2.24, 2.45) is 0 Å². The van der Waals surface area contributed by atoms with Crippen LogP contribution >= 0.6 is 27.4 Å². The molecule has 0 aliphatic carbocycles. The smallest absolute Gasteiger partial charge is 0.388 e. The third-order valence-corrected chi connectivity index (χ3v) is 9.68. The van der Waals surface area contributed by atoms with Gasteiger partial charge in [0.15, 0.2) is 12.5 Å². The first-order valence-electron chi connectivity index (χ1n) is 12.5. The molecule has 248 valence electrons. The molecule has 0 amide bonds. The summed E-state index contributed by atoms with van der Waals surface area (Å²) >= 11 is 1.22. The quantitative estimate of drug-likeness (QED) is 0.0622. The number of aromatic nitrogens is 2. The van der Waals surface area contributed by atoms with E-state index in [4.69, 9.17) is 18.9 Å². The molecule has 0 aromatic carbocycles. The van der Waals surface area contributed by atoms with Gasteiger partial charge in [0, 0.05) is 30.9 Å². The summed E-state index contributed by atoms with van der Waals surface area (Å²) in [6.45, 7) is 0.0670. The largest absolute Gasteiger partial charge is 0.483 e. The van der Waals surface area contributed by atoms with Gasteiger partial charge in [-0.2, -0.15) is 16.1 Å². The van der Waals surface area contributed by atoms with E-state index in [0.717, 1.165) is 16.8 Å². The Bertz CT molecular complexity index is 1250. The normalized spacial score (nSPS) is 34.1. The van der Waals surface area contributed by atoms with E-state index in [1.807, 2.05) is 4.98 Å². The lowest BCUT2D eigenvalue weighted by Gasteiger charge is -2.40. The first-order valence-corrected chi connectivity index (χ1v) is 16.7. The summed E-state index contributed by atoms with van der Waals surface area (Å²) in [6, 6.07) is 0.941. The first-order chi connectivity index (χ1) is 20.2. The number of hydrogen-bond acceptors (Lipinski definition) is 17. The number of aromatic amines is 1. The van der Waals surface area contributed by atoms with Gasteiger partial charge in [0.1, 0.15) is 36.6 Å². The molecule has 11 atom stereocenters. The van der Waals surface area contributed by atoms with Crippen LogP contribution in [0.4, 0.5) is 0 Å². The van der Waals surface area contributed by atoms with Gasteiger partial charge in [-0.3, -0.25) is 23.4 Å². The standard InChI is InChI=1S/C20H34N2O18P2S/c1-34-4-5-35-6-7-43-9-11-14(25)15(26)17(28)19(38-11)39-42(32,33)40-41(30,31)36-8-10-13(24)16(27)18(37-10)22-3-2-12(23)21-20(22)29/h2-3,10-11,13-19,24-28H,4-9H2,1H3,(H,30,31)(H,32,33)(H,21,23,29)/t10?,11?,13-,14+,15?,16-,17+,18?,19-/m1/s1. The number of phosphoric ester groups is 2. The van der Waals surface area contributed by atoms with Crippen molar-refractivity contribution >= 4 is 27.4 Å². The Labute approximate surface area is 247 Å². The molecule has 3 heterocycles. The topological polar surface area (TPSA) is 295 Å². The van der Waals surface area contributed by atoms with Gasteiger partial charge in [-0.05, 0) is 0 Å². The van der Waals surface area contributed by atoms with Gasteiger partial charge in [-0.1, -0.05) is 0 Å². The number of aliphatic hydroxyl groups is 5. The van der Waals surface area contributed by atoms with Gasteiger partial charge in [0.25, 0.3) is 5.56 Å². The van der Waals surface area contributed by atoms with E-state index in [0.29, 0.717) is 25.6 Å². The zero-order valence-electron chi connectivity index (χ0n) is 22.5. The number of thioether (sulfide) groups is 1. The van der Waals surface area contributed by atoms with Crippen molar-refractivity contribution in [2.45, 2.75) is 55.2 Å². The summed E-state index contributed by atoms with van der Waals surface area (Å²) in [7, 11) is -9.56. The monoisotopic (exact) mass is 684 g/mol. The summed E-state index contributed by atoms with van der Waals surface area (Å²) in [5.41, 5.74) is -1.73. The fraction of sp³-hybridized carbons (Fsp3) is 0.800. The van der Waals surface area contributed by atoms with Gasteiger partial charge in [-0.25, -0.2) is 13.9 Å². The molecule has 0 saturated carbocycles. The molecule has 6 unspecified atom stereocenters. The predicted molar refractivity (Wildman–Crippen MR) is 142 cm³/mol. The molecule has 3 rings (SSSR count). The average molecular weight is 685 g/mol. The number of hydrogen-bond donors (Lipinski definition) is 8. The summed E-state index contributed by atoms with van der Waals surface area (Å²) in [6.07, 6.45) is -14.6. The Kier molecular flexibility index (Phi) is 13.5. The molecule has 2 saturated heterocycles. The third kappa shape index (κ3) is 10.2. The SMILES string of the molecule is COCCOCCSCC1O[C@H](OP(=O)(O)OP(=O)(O)OCC2OC(n3ccc(=O)[nH]c3=O)[C@H](O)[C@@H]2O)[C@@H](O)C(O)[C@H]1O. The molecule has 0 bridgehead atoms. The lowest BCUT2D eigenvalue weighted by molar-refractivity contribution is -0.270. The van der Waals surface area contributed by atoms with Crippen molar-refractivity contribution in [1.29, 1.82) is 0 Å². The van der Waals surface area contributed by atoms with Crippen LogP contribution in [0, 0.1) is 0 Å². The molecule has 0 spiro atoms. The Morgan fingerprint density at radius 3 is 2.30 bits per heavy atom. The molecule has 43 heavy (non-hydrogen) atoms. The molecule has 2 aliphatic rings. The fourth-order valence-corrected chi connectivity index (χ4v) is 6.97. The number of rotatable bonds is 16. The van der Waals surface area contributed by atoms with Crippen molar-refractivity contribution < 1.29 is 76.8 Å². The lowest BCUT2D eigenvalue weighted by Crippen LogP contribution is -2.58. The maximum atomic E-state index is 12.5.